The van der Waals surface area contributed by atoms with Crippen LogP contribution in [-0.2, 0) is 19.2 Å². The molecule has 8 nitrogen and oxygen atoms in total. The van der Waals surface area contributed by atoms with Crippen molar-refractivity contribution in [3.63, 3.8) is 0 Å². The Morgan fingerprint density at radius 1 is 1.24 bits per heavy atom. The first kappa shape index (κ1) is 23.5. The maximum atomic E-state index is 12.8. The molecule has 3 aliphatic heterocycles. The summed E-state index contributed by atoms with van der Waals surface area (Å²) in [5.74, 6) is -1.44. The number of carbonyl (C=O) groups excluding carboxylic acids is 3. The second-order valence-electron chi connectivity index (χ2n) is 8.53. The van der Waals surface area contributed by atoms with Crippen molar-refractivity contribution in [1.29, 1.82) is 0 Å². The molecule has 0 aromatic heterocycles. The molecule has 1 aromatic carbocycles. The number of hydrogen-bond donors (Lipinski definition) is 2. The summed E-state index contributed by atoms with van der Waals surface area (Å²) in [6, 6.07) is 7.13. The summed E-state index contributed by atoms with van der Waals surface area (Å²) in [4.78, 5) is 54.1. The minimum Gasteiger partial charge on any atom is -0.477 e. The number of rotatable bonds is 7. The standard InChI is InChI=1S/C23H22BrN3O5S2/c24-14-1-5-16(6-2-14)33-11-17(28)25-18-21(30)27-19(23(31)32)13(10-34-22(18)27)9-12-7-8-26(20(12)29)15-3-4-15/h1-2,5-6,9,15,18,22H,3-4,7-8,10-11H2,(H,25,28)(H,31,32)/b12-9+/t18-,22-/m1/s1. The lowest BCUT2D eigenvalue weighted by molar-refractivity contribution is -0.150. The zero-order valence-corrected chi connectivity index (χ0v) is 21.2. The highest BCUT2D eigenvalue weighted by atomic mass is 79.9. The molecule has 2 saturated heterocycles. The number of amides is 3. The molecule has 34 heavy (non-hydrogen) atoms. The molecule has 1 aliphatic carbocycles. The van der Waals surface area contributed by atoms with Crippen LogP contribution >= 0.6 is 39.5 Å². The van der Waals surface area contributed by atoms with Gasteiger partial charge in [0, 0.05) is 33.3 Å². The average Bonchev–Trinajstić information content (AvgIpc) is 3.60. The third kappa shape index (κ3) is 4.52. The van der Waals surface area contributed by atoms with Crippen LogP contribution in [0.3, 0.4) is 0 Å². The number of fused-ring (bicyclic) bond motifs is 1. The van der Waals surface area contributed by atoms with E-state index >= 15 is 0 Å². The van der Waals surface area contributed by atoms with E-state index in [-0.39, 0.29) is 23.3 Å². The first-order valence-corrected chi connectivity index (χ1v) is 13.8. The Kier molecular flexibility index (Phi) is 6.51. The van der Waals surface area contributed by atoms with Gasteiger partial charge in [-0.1, -0.05) is 15.9 Å². The lowest BCUT2D eigenvalue weighted by atomic mass is 10.0. The maximum Gasteiger partial charge on any atom is 0.352 e. The Hall–Kier alpha value is -2.24. The van der Waals surface area contributed by atoms with Gasteiger partial charge in [0.2, 0.25) is 11.8 Å². The van der Waals surface area contributed by atoms with Crippen LogP contribution in [0.15, 0.2) is 56.6 Å². The molecule has 2 N–H and O–H groups in total. The predicted octanol–water partition coefficient (Wildman–Crippen LogP) is 2.60. The highest BCUT2D eigenvalue weighted by Crippen LogP contribution is 2.42. The number of thioether (sulfide) groups is 2. The monoisotopic (exact) mass is 563 g/mol. The Bertz CT molecular complexity index is 1130. The molecule has 0 unspecified atom stereocenters. The van der Waals surface area contributed by atoms with Crippen LogP contribution in [0, 0.1) is 0 Å². The van der Waals surface area contributed by atoms with Crippen LogP contribution < -0.4 is 5.32 Å². The topological polar surface area (TPSA) is 107 Å². The smallest absolute Gasteiger partial charge is 0.352 e. The molecule has 3 fully saturated rings. The van der Waals surface area contributed by atoms with Gasteiger partial charge in [0.05, 0.1) is 5.75 Å². The van der Waals surface area contributed by atoms with Crippen molar-refractivity contribution in [2.75, 3.05) is 18.1 Å². The van der Waals surface area contributed by atoms with Crippen molar-refractivity contribution < 1.29 is 24.3 Å². The number of hydrogen-bond acceptors (Lipinski definition) is 6. The number of likely N-dealkylation sites (tertiary alicyclic amines) is 1. The van der Waals surface area contributed by atoms with Crippen LogP contribution in [0.25, 0.3) is 0 Å². The first-order valence-electron chi connectivity index (χ1n) is 10.9. The fourth-order valence-electron chi connectivity index (χ4n) is 4.36. The lowest BCUT2D eigenvalue weighted by Gasteiger charge is -2.49. The molecule has 0 spiro atoms. The van der Waals surface area contributed by atoms with E-state index < -0.39 is 23.3 Å². The van der Waals surface area contributed by atoms with Crippen LogP contribution in [-0.4, -0.2) is 74.1 Å². The number of carboxylic acids is 1. The minimum absolute atomic E-state index is 0.0322. The lowest BCUT2D eigenvalue weighted by Crippen LogP contribution is -2.70. The number of carboxylic acid groups (broad SMARTS) is 1. The summed E-state index contributed by atoms with van der Waals surface area (Å²) < 4.78 is 0.950. The van der Waals surface area contributed by atoms with Crippen molar-refractivity contribution in [3.05, 3.63) is 51.7 Å². The Labute approximate surface area is 213 Å². The number of carbonyl (C=O) groups is 4. The van der Waals surface area contributed by atoms with E-state index in [2.05, 4.69) is 21.2 Å². The molecular formula is C23H22BrN3O5S2. The number of β-lactam (4-membered cyclic amide) rings is 1. The SMILES string of the molecule is O=C(CSc1ccc(Br)cc1)N[C@@H]1C(=O)N2C(C(=O)O)=C(/C=C3\CCN(C4CC4)C3=O)CS[C@H]12. The predicted molar refractivity (Wildman–Crippen MR) is 132 cm³/mol. The minimum atomic E-state index is -1.20. The van der Waals surface area contributed by atoms with Crippen molar-refractivity contribution >= 4 is 63.1 Å². The quantitative estimate of drug-likeness (QED) is 0.298. The van der Waals surface area contributed by atoms with Crippen molar-refractivity contribution in [2.24, 2.45) is 0 Å². The molecular weight excluding hydrogens is 542 g/mol. The summed E-state index contributed by atoms with van der Waals surface area (Å²) in [6.45, 7) is 0.663. The van der Waals surface area contributed by atoms with E-state index in [0.717, 1.165) is 22.2 Å². The molecule has 5 rings (SSSR count). The summed E-state index contributed by atoms with van der Waals surface area (Å²) in [5.41, 5.74) is 0.981. The number of halogens is 1. The van der Waals surface area contributed by atoms with Crippen LogP contribution in [0.5, 0.6) is 0 Å². The van der Waals surface area contributed by atoms with Gasteiger partial charge in [-0.25, -0.2) is 4.79 Å². The van der Waals surface area contributed by atoms with Crippen molar-refractivity contribution in [3.8, 4) is 0 Å². The van der Waals surface area contributed by atoms with E-state index in [9.17, 15) is 24.3 Å². The van der Waals surface area contributed by atoms with Gasteiger partial charge in [-0.3, -0.25) is 19.3 Å². The fourth-order valence-corrected chi connectivity index (χ4v) is 6.64. The average molecular weight is 564 g/mol. The van der Waals surface area contributed by atoms with E-state index in [1.165, 1.54) is 28.4 Å². The van der Waals surface area contributed by atoms with Gasteiger partial charge in [-0.05, 0) is 55.2 Å². The van der Waals surface area contributed by atoms with Crippen molar-refractivity contribution in [1.82, 2.24) is 15.1 Å². The van der Waals surface area contributed by atoms with Crippen LogP contribution in [0.1, 0.15) is 19.3 Å². The van der Waals surface area contributed by atoms with E-state index in [4.69, 9.17) is 0 Å². The highest BCUT2D eigenvalue weighted by Gasteiger charge is 2.54. The van der Waals surface area contributed by atoms with Gasteiger partial charge in [0.25, 0.3) is 5.91 Å². The summed E-state index contributed by atoms with van der Waals surface area (Å²) in [5, 5.41) is 12.1. The summed E-state index contributed by atoms with van der Waals surface area (Å²) in [7, 11) is 0. The maximum absolute atomic E-state index is 12.8. The van der Waals surface area contributed by atoms with Gasteiger partial charge in [-0.2, -0.15) is 0 Å². The number of nitrogens with zero attached hydrogens (tertiary/aromatic N) is 2. The van der Waals surface area contributed by atoms with Gasteiger partial charge in [0.15, 0.2) is 0 Å². The zero-order chi connectivity index (χ0) is 24.0. The van der Waals surface area contributed by atoms with Crippen molar-refractivity contribution in [2.45, 2.75) is 41.6 Å². The van der Waals surface area contributed by atoms with Gasteiger partial charge >= 0.3 is 5.97 Å². The Morgan fingerprint density at radius 3 is 2.65 bits per heavy atom. The molecule has 3 amide bonds. The molecule has 178 valence electrons. The second kappa shape index (κ2) is 9.43. The largest absolute Gasteiger partial charge is 0.477 e. The van der Waals surface area contributed by atoms with E-state index in [1.54, 1.807) is 6.08 Å². The zero-order valence-electron chi connectivity index (χ0n) is 18.0. The molecule has 1 aromatic rings. The second-order valence-corrected chi connectivity index (χ2v) is 11.6. The fraction of sp³-hybridized carbons (Fsp3) is 0.391. The Balaban J connectivity index is 1.25. The van der Waals surface area contributed by atoms with E-state index in [1.807, 2.05) is 29.2 Å². The molecule has 4 aliphatic rings. The molecule has 0 radical (unpaired) electrons. The Morgan fingerprint density at radius 2 is 1.97 bits per heavy atom. The molecule has 1 saturated carbocycles. The normalized spacial score (nSPS) is 25.5. The third-order valence-electron chi connectivity index (χ3n) is 6.19. The van der Waals surface area contributed by atoms with Crippen LogP contribution in [0.4, 0.5) is 0 Å². The van der Waals surface area contributed by atoms with Crippen LogP contribution in [0.2, 0.25) is 0 Å². The van der Waals surface area contributed by atoms with Gasteiger partial charge in [0.1, 0.15) is 17.1 Å². The highest BCUT2D eigenvalue weighted by molar-refractivity contribution is 9.10. The first-order chi connectivity index (χ1) is 16.3. The number of allylic oxidation sites excluding steroid dienone is 1. The number of aliphatic carboxylic acids is 1. The summed E-state index contributed by atoms with van der Waals surface area (Å²) in [6.07, 6.45) is 4.29. The number of nitrogens with one attached hydrogen (secondary N) is 1. The van der Waals surface area contributed by atoms with Gasteiger partial charge < -0.3 is 15.3 Å². The number of benzene rings is 1. The molecule has 2 atom stereocenters. The van der Waals surface area contributed by atoms with E-state index in [0.29, 0.717) is 35.9 Å². The van der Waals surface area contributed by atoms with Gasteiger partial charge in [-0.15, -0.1) is 23.5 Å². The third-order valence-corrected chi connectivity index (χ3v) is 9.04. The molecule has 11 heteroatoms. The summed E-state index contributed by atoms with van der Waals surface area (Å²) >= 11 is 6.14. The molecule has 3 heterocycles. The molecule has 0 bridgehead atoms.